The second-order valence-corrected chi connectivity index (χ2v) is 5.22. The van der Waals surface area contributed by atoms with Gasteiger partial charge in [-0.1, -0.05) is 12.1 Å². The molecule has 0 radical (unpaired) electrons. The number of carbonyl (C=O) groups is 1. The third-order valence-corrected chi connectivity index (χ3v) is 3.49. The van der Waals surface area contributed by atoms with Crippen LogP contribution < -0.4 is 10.1 Å². The lowest BCUT2D eigenvalue weighted by molar-refractivity contribution is -0.122. The first-order chi connectivity index (χ1) is 10.1. The third kappa shape index (κ3) is 4.07. The van der Waals surface area contributed by atoms with E-state index in [1.807, 2.05) is 24.3 Å². The highest BCUT2D eigenvalue weighted by molar-refractivity contribution is 9.10. The molecule has 2 rings (SSSR count). The number of amides is 1. The van der Waals surface area contributed by atoms with Crippen LogP contribution in [0.15, 0.2) is 53.0 Å². The van der Waals surface area contributed by atoms with Crippen molar-refractivity contribution in [2.75, 3.05) is 5.32 Å². The molecule has 1 atom stereocenters. The average Bonchev–Trinajstić information content (AvgIpc) is 2.50. The second-order valence-electron chi connectivity index (χ2n) is 4.37. The van der Waals surface area contributed by atoms with E-state index in [0.29, 0.717) is 17.0 Å². The van der Waals surface area contributed by atoms with Gasteiger partial charge in [0.2, 0.25) is 0 Å². The largest absolute Gasteiger partial charge is 0.481 e. The van der Waals surface area contributed by atoms with Gasteiger partial charge in [-0.3, -0.25) is 4.79 Å². The topological polar surface area (TPSA) is 62.1 Å². The van der Waals surface area contributed by atoms with E-state index in [2.05, 4.69) is 21.2 Å². The molecule has 1 amide bonds. The minimum Gasteiger partial charge on any atom is -0.481 e. The molecule has 0 aliphatic heterocycles. The van der Waals surface area contributed by atoms with Gasteiger partial charge in [0.25, 0.3) is 5.91 Å². The summed E-state index contributed by atoms with van der Waals surface area (Å²) in [5.41, 5.74) is 1.24. The second kappa shape index (κ2) is 6.91. The fourth-order valence-corrected chi connectivity index (χ4v) is 2.05. The number of para-hydroxylation sites is 1. The van der Waals surface area contributed by atoms with E-state index in [4.69, 9.17) is 10.00 Å². The van der Waals surface area contributed by atoms with Crippen molar-refractivity contribution in [1.29, 1.82) is 5.26 Å². The highest BCUT2D eigenvalue weighted by Gasteiger charge is 2.15. The van der Waals surface area contributed by atoms with Gasteiger partial charge < -0.3 is 10.1 Å². The fourth-order valence-electron chi connectivity index (χ4n) is 1.66. The number of nitrogens with one attached hydrogen (secondary N) is 1. The quantitative estimate of drug-likeness (QED) is 0.919. The first-order valence-corrected chi connectivity index (χ1v) is 7.11. The van der Waals surface area contributed by atoms with Crippen molar-refractivity contribution in [3.63, 3.8) is 0 Å². The standard InChI is InChI=1S/C16H13BrN2O2/c1-11(21-13-8-6-12(10-18)7-9-13)16(20)19-15-5-3-2-4-14(15)17/h2-9,11H,1H3,(H,19,20). The lowest BCUT2D eigenvalue weighted by Crippen LogP contribution is -2.30. The van der Waals surface area contributed by atoms with Gasteiger partial charge in [0.15, 0.2) is 6.10 Å². The van der Waals surface area contributed by atoms with Crippen molar-refractivity contribution in [2.45, 2.75) is 13.0 Å². The van der Waals surface area contributed by atoms with Crippen LogP contribution in [-0.2, 0) is 4.79 Å². The summed E-state index contributed by atoms with van der Waals surface area (Å²) in [5, 5.41) is 11.5. The maximum absolute atomic E-state index is 12.1. The average molecular weight is 345 g/mol. The minimum atomic E-state index is -0.648. The Bertz CT molecular complexity index is 677. The summed E-state index contributed by atoms with van der Waals surface area (Å²) in [6.45, 7) is 1.67. The molecular formula is C16H13BrN2O2. The van der Waals surface area contributed by atoms with E-state index in [9.17, 15) is 4.79 Å². The normalized spacial score (nSPS) is 11.3. The molecule has 4 nitrogen and oxygen atoms in total. The molecule has 5 heteroatoms. The number of hydrogen-bond acceptors (Lipinski definition) is 3. The van der Waals surface area contributed by atoms with Crippen LogP contribution in [0.4, 0.5) is 5.69 Å². The van der Waals surface area contributed by atoms with Crippen LogP contribution in [-0.4, -0.2) is 12.0 Å². The van der Waals surface area contributed by atoms with E-state index in [-0.39, 0.29) is 5.91 Å². The van der Waals surface area contributed by atoms with E-state index in [0.717, 1.165) is 4.47 Å². The smallest absolute Gasteiger partial charge is 0.265 e. The lowest BCUT2D eigenvalue weighted by atomic mass is 10.2. The van der Waals surface area contributed by atoms with Crippen LogP contribution in [0.2, 0.25) is 0 Å². The Labute approximate surface area is 131 Å². The van der Waals surface area contributed by atoms with Gasteiger partial charge in [-0.05, 0) is 59.3 Å². The molecule has 2 aromatic carbocycles. The summed E-state index contributed by atoms with van der Waals surface area (Å²) in [7, 11) is 0. The molecule has 0 aromatic heterocycles. The Balaban J connectivity index is 1.99. The Morgan fingerprint density at radius 3 is 2.52 bits per heavy atom. The SMILES string of the molecule is CC(Oc1ccc(C#N)cc1)C(=O)Nc1ccccc1Br. The molecule has 2 aromatic rings. The summed E-state index contributed by atoms with van der Waals surface area (Å²) < 4.78 is 6.36. The summed E-state index contributed by atoms with van der Waals surface area (Å²) in [5.74, 6) is 0.301. The van der Waals surface area contributed by atoms with E-state index in [1.54, 1.807) is 37.3 Å². The van der Waals surface area contributed by atoms with Crippen molar-refractivity contribution >= 4 is 27.5 Å². The van der Waals surface area contributed by atoms with Crippen LogP contribution in [0, 0.1) is 11.3 Å². The third-order valence-electron chi connectivity index (χ3n) is 2.80. The van der Waals surface area contributed by atoms with Crippen LogP contribution in [0.25, 0.3) is 0 Å². The van der Waals surface area contributed by atoms with Crippen LogP contribution in [0.3, 0.4) is 0 Å². The molecule has 0 aliphatic carbocycles. The Morgan fingerprint density at radius 1 is 1.24 bits per heavy atom. The van der Waals surface area contributed by atoms with E-state index >= 15 is 0 Å². The summed E-state index contributed by atoms with van der Waals surface area (Å²) in [6, 6.07) is 16.0. The number of rotatable bonds is 4. The molecule has 0 bridgehead atoms. The van der Waals surface area contributed by atoms with Crippen LogP contribution in [0.1, 0.15) is 12.5 Å². The van der Waals surface area contributed by atoms with E-state index < -0.39 is 6.10 Å². The Kier molecular flexibility index (Phi) is 4.96. The Hall–Kier alpha value is -2.32. The number of benzene rings is 2. The van der Waals surface area contributed by atoms with Crippen molar-refractivity contribution < 1.29 is 9.53 Å². The summed E-state index contributed by atoms with van der Waals surface area (Å²) in [4.78, 5) is 12.1. The molecule has 0 fully saturated rings. The van der Waals surface area contributed by atoms with E-state index in [1.165, 1.54) is 0 Å². The van der Waals surface area contributed by atoms with Gasteiger partial charge in [0, 0.05) is 4.47 Å². The summed E-state index contributed by atoms with van der Waals surface area (Å²) in [6.07, 6.45) is -0.648. The number of nitriles is 1. The predicted octanol–water partition coefficient (Wildman–Crippen LogP) is 3.73. The van der Waals surface area contributed by atoms with Gasteiger partial charge in [0.1, 0.15) is 5.75 Å². The van der Waals surface area contributed by atoms with Gasteiger partial charge in [-0.15, -0.1) is 0 Å². The van der Waals surface area contributed by atoms with Gasteiger partial charge in [-0.25, -0.2) is 0 Å². The molecule has 1 N–H and O–H groups in total. The maximum Gasteiger partial charge on any atom is 0.265 e. The lowest BCUT2D eigenvalue weighted by Gasteiger charge is -2.15. The molecular weight excluding hydrogens is 332 g/mol. The first kappa shape index (κ1) is 15.1. The number of ether oxygens (including phenoxy) is 1. The highest BCUT2D eigenvalue weighted by atomic mass is 79.9. The molecule has 0 heterocycles. The van der Waals surface area contributed by atoms with Crippen molar-refractivity contribution in [2.24, 2.45) is 0 Å². The van der Waals surface area contributed by atoms with Crippen molar-refractivity contribution in [1.82, 2.24) is 0 Å². The number of carbonyl (C=O) groups excluding carboxylic acids is 1. The Morgan fingerprint density at radius 2 is 1.90 bits per heavy atom. The first-order valence-electron chi connectivity index (χ1n) is 6.32. The van der Waals surface area contributed by atoms with Crippen molar-refractivity contribution in [3.05, 3.63) is 58.6 Å². The monoisotopic (exact) mass is 344 g/mol. The predicted molar refractivity (Wildman–Crippen MR) is 84.0 cm³/mol. The zero-order chi connectivity index (χ0) is 15.2. The highest BCUT2D eigenvalue weighted by Crippen LogP contribution is 2.22. The number of anilines is 1. The molecule has 0 spiro atoms. The molecule has 0 aliphatic rings. The summed E-state index contributed by atoms with van der Waals surface area (Å²) >= 11 is 3.37. The number of halogens is 1. The minimum absolute atomic E-state index is 0.244. The van der Waals surface area contributed by atoms with Crippen LogP contribution >= 0.6 is 15.9 Å². The van der Waals surface area contributed by atoms with Gasteiger partial charge >= 0.3 is 0 Å². The molecule has 1 unspecified atom stereocenters. The van der Waals surface area contributed by atoms with Gasteiger partial charge in [-0.2, -0.15) is 5.26 Å². The maximum atomic E-state index is 12.1. The molecule has 21 heavy (non-hydrogen) atoms. The fraction of sp³-hybridized carbons (Fsp3) is 0.125. The molecule has 106 valence electrons. The molecule has 0 saturated heterocycles. The zero-order valence-electron chi connectivity index (χ0n) is 11.3. The van der Waals surface area contributed by atoms with Crippen LogP contribution in [0.5, 0.6) is 5.75 Å². The number of nitrogens with zero attached hydrogens (tertiary/aromatic N) is 1. The zero-order valence-corrected chi connectivity index (χ0v) is 12.9. The van der Waals surface area contributed by atoms with Crippen molar-refractivity contribution in [3.8, 4) is 11.8 Å². The van der Waals surface area contributed by atoms with Gasteiger partial charge in [0.05, 0.1) is 17.3 Å². The molecule has 0 saturated carbocycles. The number of hydrogen-bond donors (Lipinski definition) is 1.